The fourth-order valence-corrected chi connectivity index (χ4v) is 6.97. The van der Waals surface area contributed by atoms with Gasteiger partial charge in [-0.25, -0.2) is 13.4 Å². The van der Waals surface area contributed by atoms with Crippen molar-refractivity contribution < 1.29 is 17.9 Å². The second-order valence-corrected chi connectivity index (χ2v) is 13.1. The van der Waals surface area contributed by atoms with Crippen molar-refractivity contribution in [3.8, 4) is 0 Å². The van der Waals surface area contributed by atoms with E-state index < -0.39 is 10.0 Å². The molecule has 0 aliphatic carbocycles. The summed E-state index contributed by atoms with van der Waals surface area (Å²) < 4.78 is 34.2. The van der Waals surface area contributed by atoms with Gasteiger partial charge in [0.15, 0.2) is 5.13 Å². The van der Waals surface area contributed by atoms with Crippen molar-refractivity contribution in [3.05, 3.63) is 89.5 Å². The predicted molar refractivity (Wildman–Crippen MR) is 159 cm³/mol. The average Bonchev–Trinajstić information content (AvgIpc) is 3.39. The minimum Gasteiger partial charge on any atom is -0.379 e. The van der Waals surface area contributed by atoms with Crippen molar-refractivity contribution >= 4 is 42.6 Å². The topological polar surface area (TPSA) is 83.0 Å². The molecule has 1 amide bonds. The molecule has 4 aromatic rings. The molecule has 1 fully saturated rings. The van der Waals surface area contributed by atoms with E-state index in [0.717, 1.165) is 60.6 Å². The Hall–Kier alpha value is -3.15. The number of aromatic nitrogens is 1. The molecule has 5 rings (SSSR count). The number of morpholine rings is 1. The van der Waals surface area contributed by atoms with Crippen molar-refractivity contribution in [2.24, 2.45) is 0 Å². The Bertz CT molecular complexity index is 1550. The summed E-state index contributed by atoms with van der Waals surface area (Å²) in [5, 5.41) is 0.645. The highest BCUT2D eigenvalue weighted by molar-refractivity contribution is 7.89. The van der Waals surface area contributed by atoms with E-state index in [0.29, 0.717) is 17.2 Å². The van der Waals surface area contributed by atoms with Gasteiger partial charge in [0, 0.05) is 45.3 Å². The Balaban J connectivity index is 1.35. The zero-order chi connectivity index (χ0) is 28.1. The van der Waals surface area contributed by atoms with Gasteiger partial charge in [-0.3, -0.25) is 14.6 Å². The second kappa shape index (κ2) is 12.6. The zero-order valence-corrected chi connectivity index (χ0v) is 24.5. The fraction of sp³-hybridized carbons (Fsp3) is 0.333. The summed E-state index contributed by atoms with van der Waals surface area (Å²) in [6.45, 7) is 6.92. The number of carbonyl (C=O) groups excluding carboxylic acids is 1. The van der Waals surface area contributed by atoms with Crippen LogP contribution in [-0.2, 0) is 21.3 Å². The molecular weight excluding hydrogens is 544 g/mol. The second-order valence-electron chi connectivity index (χ2n) is 10.0. The van der Waals surface area contributed by atoms with Crippen LogP contribution in [0.5, 0.6) is 0 Å². The number of aryl methyl sites for hydroxylation is 1. The Labute approximate surface area is 239 Å². The van der Waals surface area contributed by atoms with E-state index in [-0.39, 0.29) is 17.3 Å². The number of thiazole rings is 1. The molecule has 2 heterocycles. The molecule has 1 aromatic heterocycles. The van der Waals surface area contributed by atoms with Gasteiger partial charge >= 0.3 is 0 Å². The first-order chi connectivity index (χ1) is 19.3. The molecule has 0 spiro atoms. The van der Waals surface area contributed by atoms with Crippen molar-refractivity contribution in [2.45, 2.75) is 24.8 Å². The van der Waals surface area contributed by atoms with Crippen LogP contribution in [0.1, 0.15) is 27.9 Å². The molecule has 1 aliphatic heterocycles. The number of ether oxygens (including phenoxy) is 1. The Morgan fingerprint density at radius 3 is 2.48 bits per heavy atom. The normalized spacial score (nSPS) is 14.6. The lowest BCUT2D eigenvalue weighted by molar-refractivity contribution is 0.0376. The van der Waals surface area contributed by atoms with Crippen LogP contribution in [-0.4, -0.2) is 75.0 Å². The summed E-state index contributed by atoms with van der Waals surface area (Å²) in [6, 6.07) is 21.7. The first-order valence-electron chi connectivity index (χ1n) is 13.4. The largest absolute Gasteiger partial charge is 0.379 e. The highest BCUT2D eigenvalue weighted by Crippen LogP contribution is 2.31. The molecule has 3 aromatic carbocycles. The number of fused-ring (bicyclic) bond motifs is 1. The molecule has 40 heavy (non-hydrogen) atoms. The van der Waals surface area contributed by atoms with Gasteiger partial charge in [0.1, 0.15) is 0 Å². The molecule has 0 saturated carbocycles. The SMILES string of the molecule is Cc1ccc2nc(N(CCCN3CCOCC3)C(=O)c3ccc(S(=O)(=O)N(C)Cc4ccccc4)cc3)sc2c1. The van der Waals surface area contributed by atoms with E-state index in [2.05, 4.69) is 11.0 Å². The average molecular weight is 579 g/mol. The van der Waals surface area contributed by atoms with Crippen LogP contribution in [0.2, 0.25) is 0 Å². The molecular formula is C30H34N4O4S2. The molecule has 1 saturated heterocycles. The molecule has 0 bridgehead atoms. The third-order valence-electron chi connectivity index (χ3n) is 7.03. The maximum absolute atomic E-state index is 13.8. The predicted octanol–water partition coefficient (Wildman–Crippen LogP) is 4.79. The standard InChI is InChI=1S/C30H34N4O4S2/c1-23-9-14-27-28(21-23)39-30(31-27)34(16-6-15-33-17-19-38-20-18-33)29(35)25-10-12-26(13-11-25)40(36,37)32(2)22-24-7-4-3-5-8-24/h3-5,7-14,21H,6,15-20,22H2,1-2H3. The lowest BCUT2D eigenvalue weighted by atomic mass is 10.2. The van der Waals surface area contributed by atoms with Gasteiger partial charge in [0.25, 0.3) is 5.91 Å². The van der Waals surface area contributed by atoms with Crippen molar-refractivity contribution in [2.75, 3.05) is 51.3 Å². The van der Waals surface area contributed by atoms with E-state index in [1.807, 2.05) is 49.4 Å². The minimum absolute atomic E-state index is 0.150. The Morgan fingerprint density at radius 2 is 1.75 bits per heavy atom. The highest BCUT2D eigenvalue weighted by Gasteiger charge is 2.25. The smallest absolute Gasteiger partial charge is 0.260 e. The zero-order valence-electron chi connectivity index (χ0n) is 22.8. The van der Waals surface area contributed by atoms with E-state index in [1.54, 1.807) is 24.1 Å². The van der Waals surface area contributed by atoms with Gasteiger partial charge in [-0.2, -0.15) is 4.31 Å². The van der Waals surface area contributed by atoms with Crippen LogP contribution in [0.15, 0.2) is 77.7 Å². The maximum atomic E-state index is 13.8. The summed E-state index contributed by atoms with van der Waals surface area (Å²) >= 11 is 1.50. The monoisotopic (exact) mass is 578 g/mol. The molecule has 0 N–H and O–H groups in total. The number of hydrogen-bond donors (Lipinski definition) is 0. The number of rotatable bonds is 10. The highest BCUT2D eigenvalue weighted by atomic mass is 32.2. The summed E-state index contributed by atoms with van der Waals surface area (Å²) in [5.74, 6) is -0.195. The number of nitrogens with zero attached hydrogens (tertiary/aromatic N) is 4. The number of carbonyl (C=O) groups is 1. The van der Waals surface area contributed by atoms with E-state index in [9.17, 15) is 13.2 Å². The molecule has 0 radical (unpaired) electrons. The molecule has 210 valence electrons. The lowest BCUT2D eigenvalue weighted by Gasteiger charge is -2.27. The van der Waals surface area contributed by atoms with Crippen LogP contribution in [0, 0.1) is 6.92 Å². The lowest BCUT2D eigenvalue weighted by Crippen LogP contribution is -2.39. The number of benzene rings is 3. The number of hydrogen-bond acceptors (Lipinski definition) is 7. The van der Waals surface area contributed by atoms with Gasteiger partial charge in [-0.15, -0.1) is 0 Å². The third-order valence-corrected chi connectivity index (χ3v) is 9.88. The van der Waals surface area contributed by atoms with Crippen molar-refractivity contribution in [3.63, 3.8) is 0 Å². The first kappa shape index (κ1) is 28.4. The molecule has 8 nitrogen and oxygen atoms in total. The van der Waals surface area contributed by atoms with Crippen LogP contribution >= 0.6 is 11.3 Å². The van der Waals surface area contributed by atoms with Gasteiger partial charge in [-0.1, -0.05) is 47.7 Å². The maximum Gasteiger partial charge on any atom is 0.260 e. The van der Waals surface area contributed by atoms with Crippen LogP contribution in [0.25, 0.3) is 10.2 Å². The number of amides is 1. The first-order valence-corrected chi connectivity index (χ1v) is 15.7. The van der Waals surface area contributed by atoms with Gasteiger partial charge in [-0.05, 0) is 60.9 Å². The summed E-state index contributed by atoms with van der Waals surface area (Å²) in [7, 11) is -2.16. The van der Waals surface area contributed by atoms with Gasteiger partial charge < -0.3 is 4.74 Å². The third kappa shape index (κ3) is 6.59. The van der Waals surface area contributed by atoms with Crippen molar-refractivity contribution in [1.82, 2.24) is 14.2 Å². The fourth-order valence-electron chi connectivity index (χ4n) is 4.73. The summed E-state index contributed by atoms with van der Waals surface area (Å²) in [6.07, 6.45) is 0.789. The summed E-state index contributed by atoms with van der Waals surface area (Å²) in [5.41, 5.74) is 3.33. The minimum atomic E-state index is -3.72. The number of anilines is 1. The molecule has 0 unspecified atom stereocenters. The van der Waals surface area contributed by atoms with Crippen LogP contribution in [0.3, 0.4) is 0 Å². The van der Waals surface area contributed by atoms with E-state index >= 15 is 0 Å². The quantitative estimate of drug-likeness (QED) is 0.269. The summed E-state index contributed by atoms with van der Waals surface area (Å²) in [4.78, 5) is 22.8. The van der Waals surface area contributed by atoms with Crippen LogP contribution in [0.4, 0.5) is 5.13 Å². The van der Waals surface area contributed by atoms with Gasteiger partial charge in [0.2, 0.25) is 10.0 Å². The van der Waals surface area contributed by atoms with Crippen LogP contribution < -0.4 is 4.90 Å². The van der Waals surface area contributed by atoms with E-state index in [4.69, 9.17) is 9.72 Å². The Kier molecular flexibility index (Phi) is 8.92. The Morgan fingerprint density at radius 1 is 1.02 bits per heavy atom. The van der Waals surface area contributed by atoms with E-state index in [1.165, 1.54) is 27.8 Å². The number of sulfonamides is 1. The molecule has 1 aliphatic rings. The molecule has 0 atom stereocenters. The molecule has 10 heteroatoms. The van der Waals surface area contributed by atoms with Crippen molar-refractivity contribution in [1.29, 1.82) is 0 Å². The van der Waals surface area contributed by atoms with Gasteiger partial charge in [0.05, 0.1) is 28.3 Å².